The number of carbonyl (C=O) groups is 2. The van der Waals surface area contributed by atoms with Crippen molar-refractivity contribution >= 4 is 22.6 Å². The molecule has 1 amide bonds. The molecule has 3 rings (SSSR count). The highest BCUT2D eigenvalue weighted by Gasteiger charge is 2.26. The predicted molar refractivity (Wildman–Crippen MR) is 72.0 cm³/mol. The van der Waals surface area contributed by atoms with Crippen LogP contribution in [0, 0.1) is 5.82 Å². The zero-order chi connectivity index (χ0) is 14.1. The van der Waals surface area contributed by atoms with Crippen LogP contribution in [-0.4, -0.2) is 47.8 Å². The standard InChI is InChI=1S/C14H14FN3O2/c15-9-1-2-10-11(8-17-12(10)7-9)13(19)14(20)18-5-3-16-4-6-18/h1-2,7-8,16-17H,3-6H2. The van der Waals surface area contributed by atoms with Crippen LogP contribution in [0.1, 0.15) is 10.4 Å². The molecule has 2 N–H and O–H groups in total. The van der Waals surface area contributed by atoms with Crippen LogP contribution in [0.2, 0.25) is 0 Å². The van der Waals surface area contributed by atoms with E-state index < -0.39 is 11.7 Å². The van der Waals surface area contributed by atoms with Crippen molar-refractivity contribution in [2.45, 2.75) is 0 Å². The second-order valence-corrected chi connectivity index (χ2v) is 4.76. The molecule has 1 aliphatic heterocycles. The van der Waals surface area contributed by atoms with Crippen LogP contribution in [-0.2, 0) is 4.79 Å². The Hall–Kier alpha value is -2.21. The highest BCUT2D eigenvalue weighted by Crippen LogP contribution is 2.20. The van der Waals surface area contributed by atoms with Gasteiger partial charge in [0, 0.05) is 43.3 Å². The van der Waals surface area contributed by atoms with Gasteiger partial charge in [0.05, 0.1) is 5.56 Å². The number of ketones is 1. The number of aromatic nitrogens is 1. The third kappa shape index (κ3) is 2.18. The first-order chi connectivity index (χ1) is 9.66. The minimum atomic E-state index is -0.551. The predicted octanol–water partition coefficient (Wildman–Crippen LogP) is 0.921. The Morgan fingerprint density at radius 1 is 1.20 bits per heavy atom. The van der Waals surface area contributed by atoms with E-state index in [1.54, 1.807) is 4.90 Å². The van der Waals surface area contributed by atoms with Crippen LogP contribution in [0.4, 0.5) is 4.39 Å². The molecule has 20 heavy (non-hydrogen) atoms. The summed E-state index contributed by atoms with van der Waals surface area (Å²) >= 11 is 0. The molecule has 0 atom stereocenters. The normalized spacial score (nSPS) is 15.6. The second kappa shape index (κ2) is 5.05. The molecule has 1 aromatic heterocycles. The van der Waals surface area contributed by atoms with Gasteiger partial charge in [-0.1, -0.05) is 0 Å². The number of H-pyrrole nitrogens is 1. The number of carbonyl (C=O) groups excluding carboxylic acids is 2. The Kier molecular flexibility index (Phi) is 3.23. The maximum atomic E-state index is 13.1. The molecule has 1 fully saturated rings. The van der Waals surface area contributed by atoms with Gasteiger partial charge < -0.3 is 15.2 Å². The number of Topliss-reactive ketones (excluding diaryl/α,β-unsaturated/α-hetero) is 1. The second-order valence-electron chi connectivity index (χ2n) is 4.76. The lowest BCUT2D eigenvalue weighted by atomic mass is 10.1. The van der Waals surface area contributed by atoms with Crippen molar-refractivity contribution in [2.24, 2.45) is 0 Å². The van der Waals surface area contributed by atoms with E-state index in [9.17, 15) is 14.0 Å². The number of nitrogens with zero attached hydrogens (tertiary/aromatic N) is 1. The third-order valence-electron chi connectivity index (χ3n) is 3.49. The lowest BCUT2D eigenvalue weighted by Gasteiger charge is -2.26. The van der Waals surface area contributed by atoms with Gasteiger partial charge >= 0.3 is 0 Å². The Morgan fingerprint density at radius 3 is 2.70 bits per heavy atom. The fourth-order valence-electron chi connectivity index (χ4n) is 2.41. The number of hydrogen-bond donors (Lipinski definition) is 2. The summed E-state index contributed by atoms with van der Waals surface area (Å²) in [7, 11) is 0. The molecule has 2 aromatic rings. The molecule has 5 nitrogen and oxygen atoms in total. The molecule has 104 valence electrons. The fraction of sp³-hybridized carbons (Fsp3) is 0.286. The van der Waals surface area contributed by atoms with Crippen LogP contribution in [0.5, 0.6) is 0 Å². The molecule has 1 saturated heterocycles. The molecule has 1 aliphatic rings. The van der Waals surface area contributed by atoms with Crippen LogP contribution in [0.15, 0.2) is 24.4 Å². The number of halogens is 1. The van der Waals surface area contributed by atoms with Gasteiger partial charge in [0.1, 0.15) is 5.82 Å². The molecular weight excluding hydrogens is 261 g/mol. The van der Waals surface area contributed by atoms with E-state index in [-0.39, 0.29) is 5.82 Å². The monoisotopic (exact) mass is 275 g/mol. The summed E-state index contributed by atoms with van der Waals surface area (Å²) in [5, 5.41) is 3.70. The summed E-state index contributed by atoms with van der Waals surface area (Å²) in [4.78, 5) is 28.8. The van der Waals surface area contributed by atoms with E-state index in [4.69, 9.17) is 0 Å². The van der Waals surface area contributed by atoms with Gasteiger partial charge in [-0.25, -0.2) is 4.39 Å². The van der Waals surface area contributed by atoms with Gasteiger partial charge in [-0.15, -0.1) is 0 Å². The van der Waals surface area contributed by atoms with Gasteiger partial charge in [-0.3, -0.25) is 9.59 Å². The van der Waals surface area contributed by atoms with Crippen LogP contribution in [0.3, 0.4) is 0 Å². The number of benzene rings is 1. The molecule has 0 saturated carbocycles. The summed E-state index contributed by atoms with van der Waals surface area (Å²) in [6.45, 7) is 2.44. The summed E-state index contributed by atoms with van der Waals surface area (Å²) in [6.07, 6.45) is 1.46. The zero-order valence-electron chi connectivity index (χ0n) is 10.8. The van der Waals surface area contributed by atoms with E-state index in [0.717, 1.165) is 0 Å². The van der Waals surface area contributed by atoms with E-state index in [0.29, 0.717) is 42.6 Å². The lowest BCUT2D eigenvalue weighted by molar-refractivity contribution is -0.126. The van der Waals surface area contributed by atoms with Crippen molar-refractivity contribution < 1.29 is 14.0 Å². The quantitative estimate of drug-likeness (QED) is 0.633. The van der Waals surface area contributed by atoms with Gasteiger partial charge in [0.15, 0.2) is 0 Å². The van der Waals surface area contributed by atoms with Crippen molar-refractivity contribution in [3.8, 4) is 0 Å². The maximum Gasteiger partial charge on any atom is 0.295 e. The molecule has 2 heterocycles. The Bertz CT molecular complexity index is 674. The maximum absolute atomic E-state index is 13.1. The van der Waals surface area contributed by atoms with E-state index >= 15 is 0 Å². The van der Waals surface area contributed by atoms with Gasteiger partial charge in [0.25, 0.3) is 11.7 Å². The summed E-state index contributed by atoms with van der Waals surface area (Å²) < 4.78 is 13.1. The third-order valence-corrected chi connectivity index (χ3v) is 3.49. The molecule has 1 aromatic carbocycles. The van der Waals surface area contributed by atoms with E-state index in [2.05, 4.69) is 10.3 Å². The number of piperazine rings is 1. The zero-order valence-corrected chi connectivity index (χ0v) is 10.8. The fourth-order valence-corrected chi connectivity index (χ4v) is 2.41. The lowest BCUT2D eigenvalue weighted by Crippen LogP contribution is -2.48. The van der Waals surface area contributed by atoms with Crippen molar-refractivity contribution in [1.29, 1.82) is 0 Å². The number of fused-ring (bicyclic) bond motifs is 1. The minimum absolute atomic E-state index is 0.295. The first-order valence-electron chi connectivity index (χ1n) is 6.48. The number of nitrogens with one attached hydrogen (secondary N) is 2. The minimum Gasteiger partial charge on any atom is -0.360 e. The molecular formula is C14H14FN3O2. The summed E-state index contributed by atoms with van der Waals surface area (Å²) in [6, 6.07) is 4.10. The van der Waals surface area contributed by atoms with E-state index in [1.807, 2.05) is 0 Å². The van der Waals surface area contributed by atoms with Gasteiger partial charge in [0.2, 0.25) is 0 Å². The highest BCUT2D eigenvalue weighted by molar-refractivity contribution is 6.44. The Balaban J connectivity index is 1.90. The van der Waals surface area contributed by atoms with Crippen molar-refractivity contribution in [3.63, 3.8) is 0 Å². The first-order valence-corrected chi connectivity index (χ1v) is 6.48. The topological polar surface area (TPSA) is 65.2 Å². The molecule has 0 radical (unpaired) electrons. The Morgan fingerprint density at radius 2 is 1.95 bits per heavy atom. The molecule has 0 aliphatic carbocycles. The first kappa shape index (κ1) is 12.8. The average Bonchev–Trinajstić information content (AvgIpc) is 2.89. The SMILES string of the molecule is O=C(C(=O)N1CCNCC1)c1c[nH]c2cc(F)ccc12. The van der Waals surface area contributed by atoms with Gasteiger partial charge in [-0.2, -0.15) is 0 Å². The van der Waals surface area contributed by atoms with Crippen LogP contribution < -0.4 is 5.32 Å². The smallest absolute Gasteiger partial charge is 0.295 e. The Labute approximate surface area is 114 Å². The van der Waals surface area contributed by atoms with Crippen LogP contribution in [0.25, 0.3) is 10.9 Å². The molecule has 0 spiro atoms. The van der Waals surface area contributed by atoms with Crippen molar-refractivity contribution in [3.05, 3.63) is 35.8 Å². The largest absolute Gasteiger partial charge is 0.360 e. The van der Waals surface area contributed by atoms with Crippen LogP contribution >= 0.6 is 0 Å². The number of amides is 1. The molecule has 0 unspecified atom stereocenters. The molecule has 0 bridgehead atoms. The van der Waals surface area contributed by atoms with Crippen molar-refractivity contribution in [1.82, 2.24) is 15.2 Å². The van der Waals surface area contributed by atoms with E-state index in [1.165, 1.54) is 24.4 Å². The average molecular weight is 275 g/mol. The summed E-state index contributed by atoms with van der Waals surface area (Å²) in [5.41, 5.74) is 0.810. The number of aromatic amines is 1. The highest BCUT2D eigenvalue weighted by atomic mass is 19.1. The van der Waals surface area contributed by atoms with Gasteiger partial charge in [-0.05, 0) is 18.2 Å². The number of rotatable bonds is 2. The van der Waals surface area contributed by atoms with Crippen molar-refractivity contribution in [2.75, 3.05) is 26.2 Å². The molecule has 6 heteroatoms. The number of hydrogen-bond acceptors (Lipinski definition) is 3. The summed E-state index contributed by atoms with van der Waals surface area (Å²) in [5.74, 6) is -1.44.